The van der Waals surface area contributed by atoms with Gasteiger partial charge in [-0.15, -0.1) is 0 Å². The number of ether oxygens (including phenoxy) is 2. The maximum absolute atomic E-state index is 13.5. The number of methoxy groups -OCH3 is 1. The largest absolute Gasteiger partial charge is 0.496 e. The average Bonchev–Trinajstić information content (AvgIpc) is 3.12. The highest BCUT2D eigenvalue weighted by Crippen LogP contribution is 2.26. The van der Waals surface area contributed by atoms with Crippen molar-refractivity contribution in [3.8, 4) is 5.75 Å². The standard InChI is InChI=1S/C26H24N2O4S/c1-4-32-25(30)23-17(2)27-26-28(20(23)15-14-18-10-6-5-7-11-18)24(29)22(33-26)16-19-12-8-9-13-21(19)31-3/h5-16,20H,4H2,1-3H3/b15-14-,22-16+. The van der Waals surface area contributed by atoms with E-state index in [1.165, 1.54) is 11.3 Å². The number of benzene rings is 2. The molecular weight excluding hydrogens is 436 g/mol. The molecule has 1 unspecified atom stereocenters. The van der Waals surface area contributed by atoms with Crippen LogP contribution in [0.25, 0.3) is 12.2 Å². The minimum absolute atomic E-state index is 0.221. The first-order valence-electron chi connectivity index (χ1n) is 10.6. The van der Waals surface area contributed by atoms with Gasteiger partial charge in [0, 0.05) is 5.56 Å². The van der Waals surface area contributed by atoms with Crippen LogP contribution in [-0.2, 0) is 9.53 Å². The van der Waals surface area contributed by atoms with E-state index in [-0.39, 0.29) is 12.2 Å². The molecule has 1 aliphatic rings. The Morgan fingerprint density at radius 1 is 1.15 bits per heavy atom. The van der Waals surface area contributed by atoms with Crippen molar-refractivity contribution in [2.45, 2.75) is 19.9 Å². The molecule has 0 amide bonds. The summed E-state index contributed by atoms with van der Waals surface area (Å²) in [5, 5.41) is 0. The fourth-order valence-corrected chi connectivity index (χ4v) is 4.76. The normalized spacial score (nSPS) is 16.0. The van der Waals surface area contributed by atoms with Crippen LogP contribution in [0.4, 0.5) is 0 Å². The van der Waals surface area contributed by atoms with Crippen molar-refractivity contribution in [1.82, 2.24) is 4.57 Å². The van der Waals surface area contributed by atoms with Gasteiger partial charge in [-0.2, -0.15) is 0 Å². The van der Waals surface area contributed by atoms with Gasteiger partial charge in [-0.1, -0.05) is 72.0 Å². The number of nitrogens with zero attached hydrogens (tertiary/aromatic N) is 2. The highest BCUT2D eigenvalue weighted by Gasteiger charge is 2.30. The summed E-state index contributed by atoms with van der Waals surface area (Å²) in [6.45, 7) is 3.76. The highest BCUT2D eigenvalue weighted by molar-refractivity contribution is 7.07. The SMILES string of the molecule is CCOC(=O)C1=C(C)N=c2s/c(=C/c3ccccc3OC)c(=O)n2C1/C=C\c1ccccc1. The second-order valence-corrected chi connectivity index (χ2v) is 8.37. The number of allylic oxidation sites excluding steroid dienone is 2. The molecule has 2 aromatic carbocycles. The van der Waals surface area contributed by atoms with Crippen molar-refractivity contribution in [3.63, 3.8) is 0 Å². The van der Waals surface area contributed by atoms with Gasteiger partial charge in [-0.05, 0) is 31.6 Å². The molecule has 4 rings (SSSR count). The predicted molar refractivity (Wildman–Crippen MR) is 130 cm³/mol. The Morgan fingerprint density at radius 2 is 1.88 bits per heavy atom. The Hall–Kier alpha value is -3.71. The van der Waals surface area contributed by atoms with Crippen molar-refractivity contribution >= 4 is 29.5 Å². The molecule has 3 aromatic rings. The molecule has 1 atom stereocenters. The van der Waals surface area contributed by atoms with Crippen LogP contribution < -0.4 is 19.6 Å². The van der Waals surface area contributed by atoms with E-state index >= 15 is 0 Å². The van der Waals surface area contributed by atoms with Crippen molar-refractivity contribution in [3.05, 3.63) is 103 Å². The Kier molecular flexibility index (Phi) is 6.70. The molecule has 7 heteroatoms. The molecule has 0 saturated heterocycles. The van der Waals surface area contributed by atoms with Crippen molar-refractivity contribution in [2.24, 2.45) is 4.99 Å². The van der Waals surface area contributed by atoms with Gasteiger partial charge in [0.2, 0.25) is 0 Å². The molecule has 33 heavy (non-hydrogen) atoms. The molecule has 2 heterocycles. The third kappa shape index (κ3) is 4.59. The van der Waals surface area contributed by atoms with E-state index in [2.05, 4.69) is 4.99 Å². The molecule has 0 bridgehead atoms. The van der Waals surface area contributed by atoms with Gasteiger partial charge in [-0.3, -0.25) is 9.36 Å². The van der Waals surface area contributed by atoms with Crippen molar-refractivity contribution < 1.29 is 14.3 Å². The van der Waals surface area contributed by atoms with Gasteiger partial charge in [0.05, 0.1) is 35.6 Å². The molecule has 0 aliphatic carbocycles. The van der Waals surface area contributed by atoms with E-state index in [0.29, 0.717) is 26.4 Å². The highest BCUT2D eigenvalue weighted by atomic mass is 32.1. The number of esters is 1. The molecule has 0 radical (unpaired) electrons. The van der Waals surface area contributed by atoms with Crippen LogP contribution in [0.1, 0.15) is 31.0 Å². The lowest BCUT2D eigenvalue weighted by Gasteiger charge is -2.21. The molecule has 0 N–H and O–H groups in total. The molecule has 0 fully saturated rings. The number of para-hydroxylation sites is 1. The lowest BCUT2D eigenvalue weighted by Crippen LogP contribution is -2.38. The van der Waals surface area contributed by atoms with E-state index in [1.54, 1.807) is 31.6 Å². The average molecular weight is 461 g/mol. The summed E-state index contributed by atoms with van der Waals surface area (Å²) < 4.78 is 12.8. The van der Waals surface area contributed by atoms with Crippen LogP contribution >= 0.6 is 11.3 Å². The quantitative estimate of drug-likeness (QED) is 0.528. The number of carbonyl (C=O) groups is 1. The zero-order valence-corrected chi connectivity index (χ0v) is 19.5. The summed E-state index contributed by atoms with van der Waals surface area (Å²) in [6, 6.07) is 16.6. The van der Waals surface area contributed by atoms with E-state index in [4.69, 9.17) is 9.47 Å². The third-order valence-corrected chi connectivity index (χ3v) is 6.24. The van der Waals surface area contributed by atoms with E-state index < -0.39 is 12.0 Å². The summed E-state index contributed by atoms with van der Waals surface area (Å²) in [4.78, 5) is 31.4. The Labute approximate surface area is 195 Å². The Morgan fingerprint density at radius 3 is 2.61 bits per heavy atom. The maximum atomic E-state index is 13.5. The molecule has 1 aliphatic heterocycles. The lowest BCUT2D eigenvalue weighted by molar-refractivity contribution is -0.139. The fraction of sp³-hybridized carbons (Fsp3) is 0.192. The second-order valence-electron chi connectivity index (χ2n) is 7.36. The van der Waals surface area contributed by atoms with Crippen molar-refractivity contribution in [1.29, 1.82) is 0 Å². The number of fused-ring (bicyclic) bond motifs is 1. The molecule has 1 aromatic heterocycles. The smallest absolute Gasteiger partial charge is 0.338 e. The number of carbonyl (C=O) groups excluding carboxylic acids is 1. The van der Waals surface area contributed by atoms with Gasteiger partial charge in [0.1, 0.15) is 5.75 Å². The summed E-state index contributed by atoms with van der Waals surface area (Å²) in [6.07, 6.45) is 5.55. The van der Waals surface area contributed by atoms with Gasteiger partial charge >= 0.3 is 5.97 Å². The van der Waals surface area contributed by atoms with Crippen molar-refractivity contribution in [2.75, 3.05) is 13.7 Å². The molecular formula is C26H24N2O4S. The van der Waals surface area contributed by atoms with Gasteiger partial charge in [-0.25, -0.2) is 9.79 Å². The molecule has 0 spiro atoms. The van der Waals surface area contributed by atoms with Crippen LogP contribution in [0.15, 0.2) is 81.7 Å². The van der Waals surface area contributed by atoms with Gasteiger partial charge in [0.25, 0.3) is 5.56 Å². The van der Waals surface area contributed by atoms with Gasteiger partial charge in [0.15, 0.2) is 4.80 Å². The summed E-state index contributed by atoms with van der Waals surface area (Å²) in [5.74, 6) is 0.202. The Balaban J connectivity index is 1.89. The zero-order valence-electron chi connectivity index (χ0n) is 18.6. The summed E-state index contributed by atoms with van der Waals surface area (Å²) >= 11 is 1.28. The molecule has 6 nitrogen and oxygen atoms in total. The van der Waals surface area contributed by atoms with Crippen LogP contribution in [0.5, 0.6) is 5.75 Å². The second kappa shape index (κ2) is 9.83. The third-order valence-electron chi connectivity index (χ3n) is 5.26. The Bertz CT molecular complexity index is 1410. The zero-order chi connectivity index (χ0) is 23.4. The number of thiazole rings is 1. The first-order valence-corrected chi connectivity index (χ1v) is 11.4. The minimum atomic E-state index is -0.625. The first-order chi connectivity index (χ1) is 16.0. The monoisotopic (exact) mass is 460 g/mol. The van der Waals surface area contributed by atoms with E-state index in [0.717, 1.165) is 11.1 Å². The first kappa shape index (κ1) is 22.5. The predicted octanol–water partition coefficient (Wildman–Crippen LogP) is 3.47. The van der Waals surface area contributed by atoms with E-state index in [9.17, 15) is 9.59 Å². The topological polar surface area (TPSA) is 69.9 Å². The number of aromatic nitrogens is 1. The van der Waals surface area contributed by atoms with Gasteiger partial charge < -0.3 is 9.47 Å². The lowest BCUT2D eigenvalue weighted by atomic mass is 10.0. The number of rotatable bonds is 6. The maximum Gasteiger partial charge on any atom is 0.338 e. The van der Waals surface area contributed by atoms with Crippen LogP contribution in [0.2, 0.25) is 0 Å². The van der Waals surface area contributed by atoms with Crippen LogP contribution in [-0.4, -0.2) is 24.3 Å². The minimum Gasteiger partial charge on any atom is -0.496 e. The summed E-state index contributed by atoms with van der Waals surface area (Å²) in [5.41, 5.74) is 2.44. The molecule has 168 valence electrons. The van der Waals surface area contributed by atoms with Crippen LogP contribution in [0, 0.1) is 0 Å². The molecule has 0 saturated carbocycles. The number of hydrogen-bond donors (Lipinski definition) is 0. The summed E-state index contributed by atoms with van der Waals surface area (Å²) in [7, 11) is 1.59. The van der Waals surface area contributed by atoms with Crippen LogP contribution in [0.3, 0.4) is 0 Å². The number of hydrogen-bond acceptors (Lipinski definition) is 6. The van der Waals surface area contributed by atoms with E-state index in [1.807, 2.05) is 66.7 Å². The fourth-order valence-electron chi connectivity index (χ4n) is 3.71.